The van der Waals surface area contributed by atoms with Crippen molar-refractivity contribution in [1.29, 1.82) is 0 Å². The molecular formula is C15H23BrN2O. The Labute approximate surface area is 123 Å². The van der Waals surface area contributed by atoms with Gasteiger partial charge in [-0.1, -0.05) is 15.9 Å². The van der Waals surface area contributed by atoms with Crippen LogP contribution in [0.4, 0.5) is 0 Å². The van der Waals surface area contributed by atoms with Gasteiger partial charge in [0.25, 0.3) is 0 Å². The smallest absolute Gasteiger partial charge is 0.226 e. The second-order valence-corrected chi connectivity index (χ2v) is 7.66. The van der Waals surface area contributed by atoms with Crippen LogP contribution in [0.15, 0.2) is 0 Å². The predicted molar refractivity (Wildman–Crippen MR) is 78.1 cm³/mol. The maximum Gasteiger partial charge on any atom is 0.226 e. The summed E-state index contributed by atoms with van der Waals surface area (Å²) in [5.41, 5.74) is 0. The number of hydrogen-bond acceptors (Lipinski definition) is 2. The van der Waals surface area contributed by atoms with Crippen LogP contribution in [0, 0.1) is 29.6 Å². The molecule has 0 aromatic carbocycles. The predicted octanol–water partition coefficient (Wildman–Crippen LogP) is 1.82. The molecule has 0 radical (unpaired) electrons. The summed E-state index contributed by atoms with van der Waals surface area (Å²) in [5.74, 6) is 4.37. The molecule has 2 bridgehead atoms. The largest absolute Gasteiger partial charge is 0.340 e. The summed E-state index contributed by atoms with van der Waals surface area (Å²) in [4.78, 5) is 17.3. The maximum absolute atomic E-state index is 12.7. The molecule has 1 saturated heterocycles. The van der Waals surface area contributed by atoms with E-state index in [4.69, 9.17) is 0 Å². The summed E-state index contributed by atoms with van der Waals surface area (Å²) in [5, 5.41) is 1.04. The van der Waals surface area contributed by atoms with Gasteiger partial charge in [-0.05, 0) is 42.9 Å². The third-order valence-corrected chi connectivity index (χ3v) is 6.46. The van der Waals surface area contributed by atoms with E-state index in [-0.39, 0.29) is 0 Å². The van der Waals surface area contributed by atoms with E-state index in [1.807, 2.05) is 0 Å². The van der Waals surface area contributed by atoms with Crippen LogP contribution in [0.2, 0.25) is 0 Å². The van der Waals surface area contributed by atoms with Crippen molar-refractivity contribution < 1.29 is 4.79 Å². The van der Waals surface area contributed by atoms with Gasteiger partial charge in [0.1, 0.15) is 0 Å². The van der Waals surface area contributed by atoms with Gasteiger partial charge < -0.3 is 4.90 Å². The first kappa shape index (κ1) is 12.6. The average molecular weight is 327 g/mol. The van der Waals surface area contributed by atoms with Crippen LogP contribution in [0.1, 0.15) is 19.3 Å². The zero-order chi connectivity index (χ0) is 13.0. The molecule has 4 aliphatic rings. The highest BCUT2D eigenvalue weighted by atomic mass is 79.9. The SMILES string of the molecule is O=C(C1C2C3CCC(C3)C12)N1CCN(CCBr)CC1. The second kappa shape index (κ2) is 4.73. The van der Waals surface area contributed by atoms with Gasteiger partial charge in [0.15, 0.2) is 0 Å². The van der Waals surface area contributed by atoms with Crippen molar-refractivity contribution in [3.8, 4) is 0 Å². The van der Waals surface area contributed by atoms with Gasteiger partial charge in [-0.25, -0.2) is 0 Å². The Morgan fingerprint density at radius 3 is 2.26 bits per heavy atom. The van der Waals surface area contributed by atoms with Gasteiger partial charge in [-0.15, -0.1) is 0 Å². The molecule has 0 spiro atoms. The van der Waals surface area contributed by atoms with Gasteiger partial charge in [0.2, 0.25) is 5.91 Å². The Hall–Kier alpha value is -0.0900. The van der Waals surface area contributed by atoms with Crippen LogP contribution in [-0.2, 0) is 4.79 Å². The zero-order valence-electron chi connectivity index (χ0n) is 11.4. The minimum atomic E-state index is 0.439. The molecule has 4 rings (SSSR count). The van der Waals surface area contributed by atoms with Gasteiger partial charge >= 0.3 is 0 Å². The number of rotatable bonds is 3. The van der Waals surface area contributed by atoms with Crippen LogP contribution in [0.3, 0.4) is 0 Å². The molecule has 0 aromatic rings. The molecule has 4 atom stereocenters. The summed E-state index contributed by atoms with van der Waals surface area (Å²) in [6, 6.07) is 0. The number of hydrogen-bond donors (Lipinski definition) is 0. The number of carbonyl (C=O) groups excluding carboxylic acids is 1. The molecule has 1 amide bonds. The van der Waals surface area contributed by atoms with E-state index in [1.54, 1.807) is 0 Å². The number of halogens is 1. The minimum Gasteiger partial charge on any atom is -0.340 e. The fourth-order valence-corrected chi connectivity index (χ4v) is 5.68. The molecule has 1 aliphatic heterocycles. The first-order chi connectivity index (χ1) is 9.29. The zero-order valence-corrected chi connectivity index (χ0v) is 13.0. The van der Waals surface area contributed by atoms with E-state index < -0.39 is 0 Å². The second-order valence-electron chi connectivity index (χ2n) is 6.87. The van der Waals surface area contributed by atoms with Crippen molar-refractivity contribution in [3.05, 3.63) is 0 Å². The van der Waals surface area contributed by atoms with Gasteiger partial charge in [-0.2, -0.15) is 0 Å². The fraction of sp³-hybridized carbons (Fsp3) is 0.933. The molecular weight excluding hydrogens is 304 g/mol. The molecule has 0 N–H and O–H groups in total. The third-order valence-electron chi connectivity index (χ3n) is 6.11. The lowest BCUT2D eigenvalue weighted by Gasteiger charge is -2.35. The molecule has 4 heteroatoms. The fourth-order valence-electron chi connectivity index (χ4n) is 5.18. The summed E-state index contributed by atoms with van der Waals surface area (Å²) in [6.45, 7) is 5.15. The molecule has 0 aromatic heterocycles. The molecule has 3 aliphatic carbocycles. The average Bonchev–Trinajstić information content (AvgIpc) is 2.87. The summed E-state index contributed by atoms with van der Waals surface area (Å²) in [7, 11) is 0. The number of amides is 1. The number of alkyl halides is 1. The first-order valence-corrected chi connectivity index (χ1v) is 8.99. The van der Waals surface area contributed by atoms with E-state index in [2.05, 4.69) is 25.7 Å². The number of fused-ring (bicyclic) bond motifs is 5. The monoisotopic (exact) mass is 326 g/mol. The lowest BCUT2D eigenvalue weighted by Crippen LogP contribution is -2.49. The van der Waals surface area contributed by atoms with Crippen molar-refractivity contribution in [2.75, 3.05) is 38.1 Å². The van der Waals surface area contributed by atoms with Crippen molar-refractivity contribution in [1.82, 2.24) is 9.80 Å². The Bertz CT molecular complexity index is 364. The van der Waals surface area contributed by atoms with Crippen LogP contribution in [0.25, 0.3) is 0 Å². The molecule has 1 heterocycles. The summed E-state index contributed by atoms with van der Waals surface area (Å²) < 4.78 is 0. The minimum absolute atomic E-state index is 0.439. The van der Waals surface area contributed by atoms with Crippen LogP contribution in [0.5, 0.6) is 0 Å². The maximum atomic E-state index is 12.7. The Morgan fingerprint density at radius 2 is 1.68 bits per heavy atom. The molecule has 106 valence electrons. The Balaban J connectivity index is 1.34. The standard InChI is InChI=1S/C15H23BrN2O/c16-3-4-17-5-7-18(8-6-17)15(19)14-12-10-1-2-11(9-10)13(12)14/h10-14H,1-9H2. The van der Waals surface area contributed by atoms with Crippen LogP contribution < -0.4 is 0 Å². The topological polar surface area (TPSA) is 23.6 Å². The van der Waals surface area contributed by atoms with Gasteiger partial charge in [0, 0.05) is 44.0 Å². The third kappa shape index (κ3) is 1.98. The van der Waals surface area contributed by atoms with Gasteiger partial charge in [-0.3, -0.25) is 9.69 Å². The van der Waals surface area contributed by atoms with Crippen LogP contribution in [-0.4, -0.2) is 53.8 Å². The van der Waals surface area contributed by atoms with E-state index in [0.29, 0.717) is 11.8 Å². The molecule has 4 fully saturated rings. The highest BCUT2D eigenvalue weighted by Crippen LogP contribution is 2.69. The molecule has 3 saturated carbocycles. The number of carbonyl (C=O) groups is 1. The lowest BCUT2D eigenvalue weighted by atomic mass is 10.0. The van der Waals surface area contributed by atoms with E-state index in [9.17, 15) is 4.79 Å². The summed E-state index contributed by atoms with van der Waals surface area (Å²) in [6.07, 6.45) is 4.27. The summed E-state index contributed by atoms with van der Waals surface area (Å²) >= 11 is 3.49. The highest BCUT2D eigenvalue weighted by Gasteiger charge is 2.67. The molecule has 4 unspecified atom stereocenters. The van der Waals surface area contributed by atoms with Crippen LogP contribution >= 0.6 is 15.9 Å². The van der Waals surface area contributed by atoms with Gasteiger partial charge in [0.05, 0.1) is 0 Å². The Kier molecular flexibility index (Phi) is 3.14. The van der Waals surface area contributed by atoms with E-state index in [0.717, 1.165) is 61.7 Å². The lowest BCUT2D eigenvalue weighted by molar-refractivity contribution is -0.135. The molecule has 3 nitrogen and oxygen atoms in total. The van der Waals surface area contributed by atoms with E-state index >= 15 is 0 Å². The van der Waals surface area contributed by atoms with Crippen molar-refractivity contribution in [3.63, 3.8) is 0 Å². The normalized spacial score (nSPS) is 44.5. The van der Waals surface area contributed by atoms with E-state index in [1.165, 1.54) is 19.3 Å². The highest BCUT2D eigenvalue weighted by molar-refractivity contribution is 9.09. The number of piperazine rings is 1. The quantitative estimate of drug-likeness (QED) is 0.738. The number of nitrogens with zero attached hydrogens (tertiary/aromatic N) is 2. The molecule has 19 heavy (non-hydrogen) atoms. The van der Waals surface area contributed by atoms with Crippen molar-refractivity contribution in [2.45, 2.75) is 19.3 Å². The van der Waals surface area contributed by atoms with Crippen molar-refractivity contribution in [2.24, 2.45) is 29.6 Å². The first-order valence-electron chi connectivity index (χ1n) is 7.86. The Morgan fingerprint density at radius 1 is 1.05 bits per heavy atom. The van der Waals surface area contributed by atoms with Crippen molar-refractivity contribution >= 4 is 21.8 Å².